The summed E-state index contributed by atoms with van der Waals surface area (Å²) in [5.74, 6) is -0.0947. The Kier molecular flexibility index (Phi) is 4.63. The molecule has 8 nitrogen and oxygen atoms in total. The molecule has 0 radical (unpaired) electrons. The monoisotopic (exact) mass is 350 g/mol. The van der Waals surface area contributed by atoms with Crippen molar-refractivity contribution in [2.24, 2.45) is 5.92 Å². The third-order valence-electron chi connectivity index (χ3n) is 3.95. The number of hydrogen-bond donors (Lipinski definition) is 1. The lowest BCUT2D eigenvalue weighted by Gasteiger charge is -2.30. The van der Waals surface area contributed by atoms with Gasteiger partial charge in [0.05, 0.1) is 4.90 Å². The van der Waals surface area contributed by atoms with Crippen LogP contribution in [0.3, 0.4) is 0 Å². The maximum absolute atomic E-state index is 12.7. The highest BCUT2D eigenvalue weighted by Crippen LogP contribution is 2.23. The smallest absolute Gasteiger partial charge is 0.322 e. The highest BCUT2D eigenvalue weighted by atomic mass is 32.2. The van der Waals surface area contributed by atoms with E-state index in [9.17, 15) is 13.2 Å². The average Bonchev–Trinajstić information content (AvgIpc) is 3.08. The molecular formula is C15H18N4O4S. The van der Waals surface area contributed by atoms with Gasteiger partial charge >= 0.3 is 6.01 Å². The maximum atomic E-state index is 12.7. The molecule has 2 aromatic rings. The lowest BCUT2D eigenvalue weighted by Crippen LogP contribution is -2.39. The first-order valence-corrected chi connectivity index (χ1v) is 9.08. The predicted molar refractivity (Wildman–Crippen MR) is 85.9 cm³/mol. The number of benzene rings is 1. The first kappa shape index (κ1) is 16.6. The van der Waals surface area contributed by atoms with Gasteiger partial charge in [0, 0.05) is 18.7 Å². The molecule has 24 heavy (non-hydrogen) atoms. The highest BCUT2D eigenvalue weighted by Gasteiger charge is 2.28. The van der Waals surface area contributed by atoms with Crippen LogP contribution < -0.4 is 5.32 Å². The fraction of sp³-hybridized carbons (Fsp3) is 0.400. The van der Waals surface area contributed by atoms with E-state index in [2.05, 4.69) is 15.5 Å². The van der Waals surface area contributed by atoms with Crippen LogP contribution in [0.4, 0.5) is 6.01 Å². The third kappa shape index (κ3) is 3.46. The minimum atomic E-state index is -3.53. The Morgan fingerprint density at radius 1 is 1.33 bits per heavy atom. The summed E-state index contributed by atoms with van der Waals surface area (Å²) in [5, 5.41) is 9.44. The number of anilines is 1. The molecule has 0 aliphatic carbocycles. The quantitative estimate of drug-likeness (QED) is 0.900. The molecule has 1 aliphatic rings. The number of sulfonamides is 1. The van der Waals surface area contributed by atoms with E-state index in [-0.39, 0.29) is 10.9 Å². The summed E-state index contributed by atoms with van der Waals surface area (Å²) in [6.45, 7) is 3.11. The van der Waals surface area contributed by atoms with Gasteiger partial charge in [0.25, 0.3) is 5.91 Å². The standard InChI is InChI=1S/C15H18N4O4S/c1-11-3-2-8-19(9-11)24(21,22)13-6-4-12(5-7-13)14(20)17-15-18-16-10-23-15/h4-7,10-11H,2-3,8-9H2,1H3,(H,17,18,20). The highest BCUT2D eigenvalue weighted by molar-refractivity contribution is 7.89. The zero-order chi connectivity index (χ0) is 17.2. The molecule has 1 amide bonds. The van der Waals surface area contributed by atoms with Crippen LogP contribution in [-0.2, 0) is 10.0 Å². The Morgan fingerprint density at radius 2 is 2.08 bits per heavy atom. The van der Waals surface area contributed by atoms with Gasteiger partial charge in [-0.3, -0.25) is 10.1 Å². The van der Waals surface area contributed by atoms with Crippen molar-refractivity contribution in [2.75, 3.05) is 18.4 Å². The molecule has 1 aromatic carbocycles. The van der Waals surface area contributed by atoms with Crippen molar-refractivity contribution in [1.82, 2.24) is 14.5 Å². The number of aromatic nitrogens is 2. The van der Waals surface area contributed by atoms with Gasteiger partial charge in [0.2, 0.25) is 16.4 Å². The molecule has 1 atom stereocenters. The molecule has 128 valence electrons. The minimum Gasteiger partial charge on any atom is -0.411 e. The number of hydrogen-bond acceptors (Lipinski definition) is 6. The molecule has 0 saturated carbocycles. The first-order chi connectivity index (χ1) is 11.5. The normalized spacial score (nSPS) is 19.1. The van der Waals surface area contributed by atoms with E-state index in [4.69, 9.17) is 4.42 Å². The van der Waals surface area contributed by atoms with E-state index in [1.807, 2.05) is 6.92 Å². The fourth-order valence-electron chi connectivity index (χ4n) is 2.69. The summed E-state index contributed by atoms with van der Waals surface area (Å²) in [4.78, 5) is 12.2. The molecule has 2 heterocycles. The second-order valence-corrected chi connectivity index (χ2v) is 7.77. The number of nitrogens with one attached hydrogen (secondary N) is 1. The lowest BCUT2D eigenvalue weighted by molar-refractivity contribution is 0.102. The first-order valence-electron chi connectivity index (χ1n) is 7.64. The van der Waals surface area contributed by atoms with Crippen molar-refractivity contribution in [1.29, 1.82) is 0 Å². The van der Waals surface area contributed by atoms with Crippen LogP contribution in [0.2, 0.25) is 0 Å². The summed E-state index contributed by atoms with van der Waals surface area (Å²) in [5.41, 5.74) is 0.305. The zero-order valence-electron chi connectivity index (χ0n) is 13.2. The number of nitrogens with zero attached hydrogens (tertiary/aromatic N) is 3. The molecule has 1 saturated heterocycles. The molecule has 1 unspecified atom stereocenters. The van der Waals surface area contributed by atoms with E-state index < -0.39 is 15.9 Å². The van der Waals surface area contributed by atoms with Crippen molar-refractivity contribution in [2.45, 2.75) is 24.7 Å². The number of rotatable bonds is 4. The largest absolute Gasteiger partial charge is 0.411 e. The van der Waals surface area contributed by atoms with Crippen molar-refractivity contribution in [3.05, 3.63) is 36.2 Å². The Morgan fingerprint density at radius 3 is 2.71 bits per heavy atom. The van der Waals surface area contributed by atoms with E-state index in [0.29, 0.717) is 24.6 Å². The molecule has 0 spiro atoms. The predicted octanol–water partition coefficient (Wildman–Crippen LogP) is 1.74. The average molecular weight is 350 g/mol. The van der Waals surface area contributed by atoms with Crippen LogP contribution in [0.15, 0.2) is 40.0 Å². The Hall–Kier alpha value is -2.26. The molecular weight excluding hydrogens is 332 g/mol. The van der Waals surface area contributed by atoms with Crippen LogP contribution in [-0.4, -0.2) is 41.9 Å². The van der Waals surface area contributed by atoms with Crippen molar-refractivity contribution in [3.8, 4) is 0 Å². The second kappa shape index (κ2) is 6.70. The number of amides is 1. The van der Waals surface area contributed by atoms with E-state index in [0.717, 1.165) is 19.2 Å². The summed E-state index contributed by atoms with van der Waals surface area (Å²) >= 11 is 0. The zero-order valence-corrected chi connectivity index (χ0v) is 14.0. The molecule has 9 heteroatoms. The molecule has 1 aliphatic heterocycles. The van der Waals surface area contributed by atoms with Crippen molar-refractivity contribution >= 4 is 21.9 Å². The number of carbonyl (C=O) groups is 1. The van der Waals surface area contributed by atoms with Crippen LogP contribution >= 0.6 is 0 Å². The third-order valence-corrected chi connectivity index (χ3v) is 5.83. The van der Waals surface area contributed by atoms with Crippen LogP contribution in [0.1, 0.15) is 30.1 Å². The van der Waals surface area contributed by atoms with Gasteiger partial charge in [-0.25, -0.2) is 8.42 Å². The van der Waals surface area contributed by atoms with Gasteiger partial charge in [-0.2, -0.15) is 4.31 Å². The summed E-state index contributed by atoms with van der Waals surface area (Å²) < 4.78 is 31.7. The molecule has 1 aromatic heterocycles. The van der Waals surface area contributed by atoms with E-state index in [1.54, 1.807) is 0 Å². The van der Waals surface area contributed by atoms with E-state index >= 15 is 0 Å². The molecule has 3 rings (SSSR count). The fourth-order valence-corrected chi connectivity index (χ4v) is 4.29. The van der Waals surface area contributed by atoms with Gasteiger partial charge in [-0.05, 0) is 43.0 Å². The number of carbonyl (C=O) groups excluding carboxylic acids is 1. The molecule has 1 fully saturated rings. The van der Waals surface area contributed by atoms with Gasteiger partial charge < -0.3 is 4.42 Å². The van der Waals surface area contributed by atoms with Gasteiger partial charge in [-0.15, -0.1) is 5.10 Å². The number of piperidine rings is 1. The Balaban J connectivity index is 1.75. The lowest BCUT2D eigenvalue weighted by atomic mass is 10.0. The Labute approximate surface area is 139 Å². The maximum Gasteiger partial charge on any atom is 0.322 e. The van der Waals surface area contributed by atoms with Crippen LogP contribution in [0.5, 0.6) is 0 Å². The second-order valence-electron chi connectivity index (χ2n) is 5.83. The summed E-state index contributed by atoms with van der Waals surface area (Å²) in [7, 11) is -3.53. The molecule has 1 N–H and O–H groups in total. The topological polar surface area (TPSA) is 105 Å². The van der Waals surface area contributed by atoms with Gasteiger partial charge in [0.1, 0.15) is 0 Å². The Bertz CT molecular complexity index is 803. The summed E-state index contributed by atoms with van der Waals surface area (Å²) in [6, 6.07) is 5.80. The van der Waals surface area contributed by atoms with Crippen LogP contribution in [0.25, 0.3) is 0 Å². The van der Waals surface area contributed by atoms with Crippen molar-refractivity contribution < 1.29 is 17.6 Å². The molecule has 0 bridgehead atoms. The van der Waals surface area contributed by atoms with Crippen molar-refractivity contribution in [3.63, 3.8) is 0 Å². The van der Waals surface area contributed by atoms with Gasteiger partial charge in [0.15, 0.2) is 0 Å². The SMILES string of the molecule is CC1CCCN(S(=O)(=O)c2ccc(C(=O)Nc3nnco3)cc2)C1. The summed E-state index contributed by atoms with van der Waals surface area (Å²) in [6.07, 6.45) is 3.01. The van der Waals surface area contributed by atoms with Crippen LogP contribution in [0, 0.1) is 5.92 Å². The van der Waals surface area contributed by atoms with Gasteiger partial charge in [-0.1, -0.05) is 12.0 Å². The minimum absolute atomic E-state index is 0.0148. The van der Waals surface area contributed by atoms with E-state index in [1.165, 1.54) is 28.6 Å².